The summed E-state index contributed by atoms with van der Waals surface area (Å²) in [4.78, 5) is 22.7. The van der Waals surface area contributed by atoms with Gasteiger partial charge in [-0.15, -0.1) is 10.2 Å². The first-order valence-electron chi connectivity index (χ1n) is 7.44. The van der Waals surface area contributed by atoms with Crippen molar-refractivity contribution in [2.45, 2.75) is 12.1 Å². The van der Waals surface area contributed by atoms with Crippen molar-refractivity contribution < 1.29 is 14.1 Å². The van der Waals surface area contributed by atoms with E-state index in [-0.39, 0.29) is 28.0 Å². The molecule has 9 heteroatoms. The zero-order valence-electron chi connectivity index (χ0n) is 13.5. The van der Waals surface area contributed by atoms with Crippen molar-refractivity contribution in [2.24, 2.45) is 0 Å². The molecule has 0 N–H and O–H groups in total. The molecule has 0 unspecified atom stereocenters. The van der Waals surface area contributed by atoms with E-state index in [1.54, 1.807) is 43.3 Å². The van der Waals surface area contributed by atoms with E-state index < -0.39 is 4.92 Å². The van der Waals surface area contributed by atoms with Crippen molar-refractivity contribution in [1.82, 2.24) is 10.2 Å². The molecule has 0 saturated heterocycles. The van der Waals surface area contributed by atoms with Gasteiger partial charge in [0.05, 0.1) is 10.7 Å². The van der Waals surface area contributed by atoms with E-state index in [1.165, 1.54) is 6.07 Å². The molecule has 26 heavy (non-hydrogen) atoms. The Labute approximate surface area is 157 Å². The maximum atomic E-state index is 12.3. The molecule has 0 aliphatic carbocycles. The van der Waals surface area contributed by atoms with Crippen LogP contribution in [0.1, 0.15) is 15.9 Å². The van der Waals surface area contributed by atoms with Crippen molar-refractivity contribution >= 4 is 34.8 Å². The van der Waals surface area contributed by atoms with Gasteiger partial charge in [-0.25, -0.2) is 0 Å². The summed E-state index contributed by atoms with van der Waals surface area (Å²) in [6, 6.07) is 11.3. The average molecular weight is 390 g/mol. The van der Waals surface area contributed by atoms with Crippen molar-refractivity contribution in [3.63, 3.8) is 0 Å². The van der Waals surface area contributed by atoms with Crippen LogP contribution in [0.5, 0.6) is 0 Å². The highest BCUT2D eigenvalue weighted by molar-refractivity contribution is 7.99. The third-order valence-electron chi connectivity index (χ3n) is 3.55. The Balaban J connectivity index is 1.68. The van der Waals surface area contributed by atoms with Gasteiger partial charge in [-0.3, -0.25) is 14.9 Å². The summed E-state index contributed by atoms with van der Waals surface area (Å²) in [6.45, 7) is 1.62. The van der Waals surface area contributed by atoms with Crippen LogP contribution in [-0.2, 0) is 0 Å². The number of hydrogen-bond acceptors (Lipinski definition) is 7. The second kappa shape index (κ2) is 7.67. The summed E-state index contributed by atoms with van der Waals surface area (Å²) in [7, 11) is 0. The molecule has 0 amide bonds. The summed E-state index contributed by atoms with van der Waals surface area (Å²) in [6.07, 6.45) is 0. The number of hydrogen-bond donors (Lipinski definition) is 0. The Hall–Kier alpha value is -2.71. The molecule has 0 aliphatic heterocycles. The Morgan fingerprint density at radius 2 is 1.96 bits per heavy atom. The van der Waals surface area contributed by atoms with E-state index in [0.717, 1.165) is 11.8 Å². The standard InChI is InChI=1S/C17H12ClN3O4S/c1-10-2-3-12(8-14(10)21(23)24)15(22)9-26-17-20-19-16(25-17)11-4-6-13(18)7-5-11/h2-8H,9H2,1H3. The molecule has 3 rings (SSSR count). The molecular formula is C17H12ClN3O4S. The van der Waals surface area contributed by atoms with Gasteiger partial charge in [0.25, 0.3) is 10.9 Å². The Morgan fingerprint density at radius 1 is 1.23 bits per heavy atom. The number of ketones is 1. The largest absolute Gasteiger partial charge is 0.411 e. The zero-order chi connectivity index (χ0) is 18.7. The molecule has 3 aromatic rings. The number of carbonyl (C=O) groups excluding carboxylic acids is 1. The predicted octanol–water partition coefficient (Wildman–Crippen LogP) is 4.58. The van der Waals surface area contributed by atoms with Crippen molar-refractivity contribution in [1.29, 1.82) is 0 Å². The third-order valence-corrected chi connectivity index (χ3v) is 4.62. The molecule has 7 nitrogen and oxygen atoms in total. The fourth-order valence-electron chi connectivity index (χ4n) is 2.17. The van der Waals surface area contributed by atoms with Gasteiger partial charge in [0.1, 0.15) is 0 Å². The van der Waals surface area contributed by atoms with Gasteiger partial charge in [0.15, 0.2) is 5.78 Å². The number of nitro benzene ring substituents is 1. The van der Waals surface area contributed by atoms with Gasteiger partial charge in [-0.1, -0.05) is 35.5 Å². The van der Waals surface area contributed by atoms with Crippen molar-refractivity contribution in [3.8, 4) is 11.5 Å². The van der Waals surface area contributed by atoms with E-state index in [2.05, 4.69) is 10.2 Å². The molecule has 0 bridgehead atoms. The quantitative estimate of drug-likeness (QED) is 0.263. The van der Waals surface area contributed by atoms with Crippen LogP contribution >= 0.6 is 23.4 Å². The van der Waals surface area contributed by atoms with E-state index in [0.29, 0.717) is 22.0 Å². The van der Waals surface area contributed by atoms with Gasteiger partial charge >= 0.3 is 0 Å². The molecule has 132 valence electrons. The van der Waals surface area contributed by atoms with Crippen molar-refractivity contribution in [3.05, 3.63) is 68.7 Å². The lowest BCUT2D eigenvalue weighted by atomic mass is 10.1. The molecule has 0 saturated carbocycles. The van der Waals surface area contributed by atoms with Crippen LogP contribution in [0.3, 0.4) is 0 Å². The predicted molar refractivity (Wildman–Crippen MR) is 97.6 cm³/mol. The minimum atomic E-state index is -0.504. The summed E-state index contributed by atoms with van der Waals surface area (Å²) in [5.41, 5.74) is 1.41. The average Bonchev–Trinajstić information content (AvgIpc) is 3.09. The minimum Gasteiger partial charge on any atom is -0.411 e. The van der Waals surface area contributed by atoms with E-state index in [1.807, 2.05) is 0 Å². The number of nitrogens with zero attached hydrogens (tertiary/aromatic N) is 3. The number of aromatic nitrogens is 2. The summed E-state index contributed by atoms with van der Waals surface area (Å²) in [5, 5.41) is 19.6. The normalized spacial score (nSPS) is 10.7. The monoisotopic (exact) mass is 389 g/mol. The van der Waals surface area contributed by atoms with Gasteiger partial charge in [0.2, 0.25) is 5.89 Å². The first-order valence-corrected chi connectivity index (χ1v) is 8.81. The summed E-state index contributed by atoms with van der Waals surface area (Å²) < 4.78 is 5.51. The van der Waals surface area contributed by atoms with Crippen LogP contribution in [0.25, 0.3) is 11.5 Å². The van der Waals surface area contributed by atoms with Crippen molar-refractivity contribution in [2.75, 3.05) is 5.75 Å². The first kappa shape index (κ1) is 18.1. The fraction of sp³-hybridized carbons (Fsp3) is 0.118. The Morgan fingerprint density at radius 3 is 2.65 bits per heavy atom. The molecule has 2 aromatic carbocycles. The maximum absolute atomic E-state index is 12.3. The number of thioether (sulfide) groups is 1. The molecule has 0 radical (unpaired) electrons. The number of Topliss-reactive ketones (excluding diaryl/α,β-unsaturated/α-hetero) is 1. The second-order valence-electron chi connectivity index (χ2n) is 5.35. The highest BCUT2D eigenvalue weighted by atomic mass is 35.5. The molecule has 0 atom stereocenters. The van der Waals surface area contributed by atoms with Crippen LogP contribution in [0.2, 0.25) is 5.02 Å². The first-order chi connectivity index (χ1) is 12.4. The van der Waals surface area contributed by atoms with Crippen LogP contribution < -0.4 is 0 Å². The smallest absolute Gasteiger partial charge is 0.277 e. The lowest BCUT2D eigenvalue weighted by molar-refractivity contribution is -0.385. The van der Waals surface area contributed by atoms with E-state index in [4.69, 9.17) is 16.0 Å². The molecule has 0 aliphatic rings. The molecule has 0 spiro atoms. The summed E-state index contributed by atoms with van der Waals surface area (Å²) in [5.74, 6) is 0.0922. The minimum absolute atomic E-state index is 0.0302. The number of carbonyl (C=O) groups is 1. The zero-order valence-corrected chi connectivity index (χ0v) is 15.1. The summed E-state index contributed by atoms with van der Waals surface area (Å²) >= 11 is 6.91. The van der Waals surface area contributed by atoms with Crippen LogP contribution in [0.15, 0.2) is 52.1 Å². The molecule has 0 fully saturated rings. The highest BCUT2D eigenvalue weighted by Crippen LogP contribution is 2.26. The SMILES string of the molecule is Cc1ccc(C(=O)CSc2nnc(-c3ccc(Cl)cc3)o2)cc1[N+](=O)[O-]. The number of halogens is 1. The highest BCUT2D eigenvalue weighted by Gasteiger charge is 2.16. The number of aryl methyl sites for hydroxylation is 1. The van der Waals surface area contributed by atoms with Gasteiger partial charge in [-0.2, -0.15) is 0 Å². The maximum Gasteiger partial charge on any atom is 0.277 e. The van der Waals surface area contributed by atoms with Crippen LogP contribution in [0, 0.1) is 17.0 Å². The third kappa shape index (κ3) is 4.09. The van der Waals surface area contributed by atoms with Gasteiger partial charge in [-0.05, 0) is 31.2 Å². The van der Waals surface area contributed by atoms with Gasteiger partial charge < -0.3 is 4.42 Å². The Bertz CT molecular complexity index is 972. The van der Waals surface area contributed by atoms with E-state index >= 15 is 0 Å². The number of nitro groups is 1. The van der Waals surface area contributed by atoms with Gasteiger partial charge in [0, 0.05) is 27.8 Å². The molecular weight excluding hydrogens is 378 g/mol. The van der Waals surface area contributed by atoms with Crippen LogP contribution in [0.4, 0.5) is 5.69 Å². The molecule has 1 aromatic heterocycles. The van der Waals surface area contributed by atoms with Crippen LogP contribution in [-0.4, -0.2) is 26.7 Å². The Kier molecular flexibility index (Phi) is 5.34. The fourth-order valence-corrected chi connectivity index (χ4v) is 2.95. The number of benzene rings is 2. The lowest BCUT2D eigenvalue weighted by Gasteiger charge is -2.01. The number of rotatable bonds is 6. The topological polar surface area (TPSA) is 99.1 Å². The lowest BCUT2D eigenvalue weighted by Crippen LogP contribution is -2.04. The second-order valence-corrected chi connectivity index (χ2v) is 6.71. The molecule has 1 heterocycles. The van der Waals surface area contributed by atoms with E-state index in [9.17, 15) is 14.9 Å².